The molecule has 3 aliphatic rings. The van der Waals surface area contributed by atoms with Gasteiger partial charge < -0.3 is 21.3 Å². The maximum Gasteiger partial charge on any atom is 0.315 e. The summed E-state index contributed by atoms with van der Waals surface area (Å²) >= 11 is 0. The Morgan fingerprint density at radius 3 is 2.39 bits per heavy atom. The molecule has 3 saturated carbocycles. The average molecular weight is 517 g/mol. The molecule has 5 N–H and O–H groups in total. The molecule has 5 rings (SSSR count). The van der Waals surface area contributed by atoms with Gasteiger partial charge >= 0.3 is 6.03 Å². The quantitative estimate of drug-likeness (QED) is 0.358. The molecule has 3 aliphatic carbocycles. The van der Waals surface area contributed by atoms with Gasteiger partial charge in [0.25, 0.3) is 0 Å². The normalized spacial score (nSPS) is 26.7. The average Bonchev–Trinajstić information content (AvgIpc) is 3.49. The predicted molar refractivity (Wildman–Crippen MR) is 138 cm³/mol. The highest BCUT2D eigenvalue weighted by Gasteiger charge is 2.37. The summed E-state index contributed by atoms with van der Waals surface area (Å²) in [7, 11) is -3.01. The summed E-state index contributed by atoms with van der Waals surface area (Å²) in [4.78, 5) is 21.3. The van der Waals surface area contributed by atoms with Gasteiger partial charge in [0, 0.05) is 48.3 Å². The number of aromatic amines is 1. The molecule has 2 amide bonds. The number of hydrogen-bond acceptors (Lipinski definition) is 8. The summed E-state index contributed by atoms with van der Waals surface area (Å²) in [6, 6.07) is 3.98. The van der Waals surface area contributed by atoms with E-state index in [1.165, 1.54) is 37.6 Å². The van der Waals surface area contributed by atoms with E-state index in [2.05, 4.69) is 47.5 Å². The molecule has 3 fully saturated rings. The fraction of sp³-hybridized carbons (Fsp3) is 0.667. The number of carbonyl (C=O) groups excluding carboxylic acids is 1. The van der Waals surface area contributed by atoms with E-state index in [0.29, 0.717) is 30.5 Å². The lowest BCUT2D eigenvalue weighted by atomic mass is 9.91. The maximum atomic E-state index is 12.3. The molecule has 0 aliphatic heterocycles. The molecule has 12 heteroatoms. The van der Waals surface area contributed by atoms with E-state index in [4.69, 9.17) is 0 Å². The van der Waals surface area contributed by atoms with Crippen molar-refractivity contribution >= 4 is 33.5 Å². The SMILES string of the molecule is CS(=O)(=O)[C@H]1C[C@H](NC(=O)N[C@H]2CC[C@H](Nc3nccc(Nc4cc(C5CCCC5)[nH]n4)n3)CC2)C1. The number of amides is 2. The van der Waals surface area contributed by atoms with Crippen LogP contribution < -0.4 is 21.3 Å². The Labute approximate surface area is 211 Å². The van der Waals surface area contributed by atoms with E-state index in [1.807, 2.05) is 6.07 Å². The second kappa shape index (κ2) is 10.6. The number of hydrogen-bond donors (Lipinski definition) is 5. The summed E-state index contributed by atoms with van der Waals surface area (Å²) in [5.74, 6) is 2.61. The van der Waals surface area contributed by atoms with Crippen LogP contribution in [0.2, 0.25) is 0 Å². The van der Waals surface area contributed by atoms with Gasteiger partial charge in [-0.3, -0.25) is 5.10 Å². The van der Waals surface area contributed by atoms with Gasteiger partial charge in [-0.05, 0) is 57.4 Å². The van der Waals surface area contributed by atoms with Crippen molar-refractivity contribution in [2.45, 2.75) is 93.5 Å². The third kappa shape index (κ3) is 6.26. The lowest BCUT2D eigenvalue weighted by Gasteiger charge is -2.35. The van der Waals surface area contributed by atoms with E-state index in [-0.39, 0.29) is 29.4 Å². The van der Waals surface area contributed by atoms with E-state index in [9.17, 15) is 13.2 Å². The van der Waals surface area contributed by atoms with Crippen LogP contribution in [0.4, 0.5) is 22.4 Å². The molecule has 36 heavy (non-hydrogen) atoms. The highest BCUT2D eigenvalue weighted by atomic mass is 32.2. The highest BCUT2D eigenvalue weighted by molar-refractivity contribution is 7.91. The number of carbonyl (C=O) groups is 1. The number of anilines is 3. The van der Waals surface area contributed by atoms with Gasteiger partial charge in [-0.2, -0.15) is 10.1 Å². The van der Waals surface area contributed by atoms with Crippen molar-refractivity contribution in [3.05, 3.63) is 24.0 Å². The van der Waals surface area contributed by atoms with Crippen molar-refractivity contribution in [1.29, 1.82) is 0 Å². The number of rotatable bonds is 8. The Hall–Kier alpha value is -2.89. The molecular formula is C24H36N8O3S. The second-order valence-electron chi connectivity index (χ2n) is 10.5. The largest absolute Gasteiger partial charge is 0.351 e. The van der Waals surface area contributed by atoms with E-state index >= 15 is 0 Å². The Morgan fingerprint density at radius 1 is 0.972 bits per heavy atom. The van der Waals surface area contributed by atoms with Gasteiger partial charge in [0.1, 0.15) is 15.7 Å². The van der Waals surface area contributed by atoms with Crippen LogP contribution in [0.3, 0.4) is 0 Å². The summed E-state index contributed by atoms with van der Waals surface area (Å²) in [5, 5.41) is 19.9. The Morgan fingerprint density at radius 2 is 1.67 bits per heavy atom. The van der Waals surface area contributed by atoms with Crippen LogP contribution in [0, 0.1) is 0 Å². The minimum atomic E-state index is -3.01. The molecule has 0 unspecified atom stereocenters. The zero-order chi connectivity index (χ0) is 25.1. The molecule has 2 aromatic heterocycles. The van der Waals surface area contributed by atoms with Gasteiger partial charge in [-0.1, -0.05) is 12.8 Å². The maximum absolute atomic E-state index is 12.3. The van der Waals surface area contributed by atoms with Crippen LogP contribution in [0.1, 0.15) is 75.8 Å². The third-order valence-corrected chi connectivity index (χ3v) is 9.33. The first-order valence-corrected chi connectivity index (χ1v) is 14.9. The fourth-order valence-corrected chi connectivity index (χ4v) is 6.65. The van der Waals surface area contributed by atoms with Gasteiger partial charge in [-0.15, -0.1) is 0 Å². The molecule has 11 nitrogen and oxygen atoms in total. The Balaban J connectivity index is 1.04. The number of nitrogens with zero attached hydrogens (tertiary/aromatic N) is 3. The van der Waals surface area contributed by atoms with Crippen LogP contribution in [-0.4, -0.2) is 64.2 Å². The second-order valence-corrected chi connectivity index (χ2v) is 12.8. The van der Waals surface area contributed by atoms with Gasteiger partial charge in [0.2, 0.25) is 5.95 Å². The van der Waals surface area contributed by atoms with Crippen LogP contribution in [0.5, 0.6) is 0 Å². The Bertz CT molecular complexity index is 1150. The summed E-state index contributed by atoms with van der Waals surface area (Å²) < 4.78 is 23.0. The van der Waals surface area contributed by atoms with Crippen molar-refractivity contribution in [2.75, 3.05) is 16.9 Å². The molecule has 0 spiro atoms. The van der Waals surface area contributed by atoms with Crippen molar-refractivity contribution in [3.8, 4) is 0 Å². The fourth-order valence-electron chi connectivity index (χ4n) is 5.49. The minimum Gasteiger partial charge on any atom is -0.351 e. The lowest BCUT2D eigenvalue weighted by Crippen LogP contribution is -2.54. The van der Waals surface area contributed by atoms with Crippen LogP contribution in [0.15, 0.2) is 18.3 Å². The summed E-state index contributed by atoms with van der Waals surface area (Å²) in [5.41, 5.74) is 1.19. The molecule has 196 valence electrons. The predicted octanol–water partition coefficient (Wildman–Crippen LogP) is 3.20. The number of urea groups is 1. The summed E-state index contributed by atoms with van der Waals surface area (Å²) in [6.45, 7) is 0. The molecular weight excluding hydrogens is 480 g/mol. The van der Waals surface area contributed by atoms with Crippen molar-refractivity contribution < 1.29 is 13.2 Å². The summed E-state index contributed by atoms with van der Waals surface area (Å²) in [6.07, 6.45) is 12.5. The third-order valence-electron chi connectivity index (χ3n) is 7.74. The highest BCUT2D eigenvalue weighted by Crippen LogP contribution is 2.34. The number of aromatic nitrogens is 4. The number of sulfone groups is 1. The van der Waals surface area contributed by atoms with Crippen LogP contribution in [0.25, 0.3) is 0 Å². The topological polar surface area (TPSA) is 154 Å². The minimum absolute atomic E-state index is 0.0588. The molecule has 2 aromatic rings. The molecule has 2 heterocycles. The van der Waals surface area contributed by atoms with E-state index < -0.39 is 9.84 Å². The first kappa shape index (κ1) is 24.8. The molecule has 0 bridgehead atoms. The molecule has 0 aromatic carbocycles. The molecule has 0 atom stereocenters. The monoisotopic (exact) mass is 516 g/mol. The standard InChI is InChI=1S/C24H36N8O3S/c1-36(34,35)19-12-18(13-19)28-24(33)27-17-8-6-16(7-9-17)26-23-25-11-10-21(30-23)29-22-14-20(31-32-22)15-4-2-3-5-15/h10-11,14-19H,2-9,12-13H2,1H3,(H2,27,28,33)(H3,25,26,29,30,31,32)/t16-,17-,18-,19-. The van der Waals surface area contributed by atoms with Crippen molar-refractivity contribution in [3.63, 3.8) is 0 Å². The zero-order valence-electron chi connectivity index (χ0n) is 20.7. The van der Waals surface area contributed by atoms with Crippen LogP contribution >= 0.6 is 0 Å². The van der Waals surface area contributed by atoms with Gasteiger partial charge in [0.05, 0.1) is 5.25 Å². The van der Waals surface area contributed by atoms with Crippen molar-refractivity contribution in [1.82, 2.24) is 30.8 Å². The van der Waals surface area contributed by atoms with Gasteiger partial charge in [-0.25, -0.2) is 18.2 Å². The first-order chi connectivity index (χ1) is 17.3. The Kier molecular flexibility index (Phi) is 7.31. The van der Waals surface area contributed by atoms with Gasteiger partial charge in [0.15, 0.2) is 5.82 Å². The zero-order valence-corrected chi connectivity index (χ0v) is 21.5. The van der Waals surface area contributed by atoms with E-state index in [0.717, 1.165) is 31.5 Å². The number of H-pyrrole nitrogens is 1. The lowest BCUT2D eigenvalue weighted by molar-refractivity contribution is 0.220. The smallest absolute Gasteiger partial charge is 0.315 e. The number of nitrogens with one attached hydrogen (secondary N) is 5. The van der Waals surface area contributed by atoms with E-state index in [1.54, 1.807) is 6.20 Å². The molecule has 0 radical (unpaired) electrons. The van der Waals surface area contributed by atoms with Crippen molar-refractivity contribution in [2.24, 2.45) is 0 Å². The van der Waals surface area contributed by atoms with Crippen LogP contribution in [-0.2, 0) is 9.84 Å². The first-order valence-electron chi connectivity index (χ1n) is 13.0. The molecule has 0 saturated heterocycles.